The molecule has 0 fully saturated rings. The highest BCUT2D eigenvalue weighted by Gasteiger charge is 2.02. The molecule has 0 saturated carbocycles. The lowest BCUT2D eigenvalue weighted by Crippen LogP contribution is -1.96. The van der Waals surface area contributed by atoms with E-state index in [0.29, 0.717) is 17.3 Å². The summed E-state index contributed by atoms with van der Waals surface area (Å²) in [5.41, 5.74) is 1.02. The minimum Gasteiger partial charge on any atom is -0.489 e. The molecule has 0 saturated heterocycles. The highest BCUT2D eigenvalue weighted by molar-refractivity contribution is 9.11. The van der Waals surface area contributed by atoms with Gasteiger partial charge in [0, 0.05) is 8.95 Å². The van der Waals surface area contributed by atoms with Gasteiger partial charge in [-0.15, -0.1) is 0 Å². The molecule has 0 aliphatic rings. The van der Waals surface area contributed by atoms with Crippen molar-refractivity contribution in [1.29, 1.82) is 0 Å². The third-order valence-corrected chi connectivity index (χ3v) is 3.94. The van der Waals surface area contributed by atoms with E-state index >= 15 is 0 Å². The Balaban J connectivity index is 2.03. The summed E-state index contributed by atoms with van der Waals surface area (Å²) in [4.78, 5) is 0.359. The highest BCUT2D eigenvalue weighted by Crippen LogP contribution is 2.22. The molecule has 1 N–H and O–H groups in total. The fourth-order valence-electron chi connectivity index (χ4n) is 1.51. The van der Waals surface area contributed by atoms with E-state index in [1.165, 1.54) is 0 Å². The van der Waals surface area contributed by atoms with Gasteiger partial charge in [0.05, 0.1) is 4.90 Å². The molecule has 0 spiro atoms. The molecule has 2 rings (SSSR count). The van der Waals surface area contributed by atoms with Crippen LogP contribution in [-0.4, -0.2) is 8.76 Å². The number of hydrogen-bond acceptors (Lipinski definition) is 2. The molecule has 0 bridgehead atoms. The smallest absolute Gasteiger partial charge is 0.186 e. The molecule has 6 heteroatoms. The predicted octanol–water partition coefficient (Wildman–Crippen LogP) is 4.37. The normalized spacial score (nSPS) is 12.2. The second-order valence-electron chi connectivity index (χ2n) is 3.79. The quantitative estimate of drug-likeness (QED) is 0.768. The maximum atomic E-state index is 10.8. The van der Waals surface area contributed by atoms with E-state index in [0.717, 1.165) is 14.5 Å². The van der Waals surface area contributed by atoms with Crippen LogP contribution in [0, 0.1) is 0 Å². The maximum Gasteiger partial charge on any atom is 0.186 e. The van der Waals surface area contributed by atoms with Crippen molar-refractivity contribution >= 4 is 42.9 Å². The fourth-order valence-corrected chi connectivity index (χ4v) is 3.27. The van der Waals surface area contributed by atoms with E-state index in [1.54, 1.807) is 24.3 Å². The van der Waals surface area contributed by atoms with Crippen molar-refractivity contribution in [3.8, 4) is 5.75 Å². The van der Waals surface area contributed by atoms with Gasteiger partial charge in [0.1, 0.15) is 12.4 Å². The average Bonchev–Trinajstić information content (AvgIpc) is 2.36. The van der Waals surface area contributed by atoms with Crippen LogP contribution < -0.4 is 4.74 Å². The number of hydrogen-bond donors (Lipinski definition) is 1. The molecule has 0 aromatic heterocycles. The molecule has 0 aliphatic heterocycles. The van der Waals surface area contributed by atoms with Crippen LogP contribution >= 0.6 is 31.9 Å². The van der Waals surface area contributed by atoms with Gasteiger partial charge in [-0.2, -0.15) is 0 Å². The first kappa shape index (κ1) is 14.7. The predicted molar refractivity (Wildman–Crippen MR) is 81.7 cm³/mol. The van der Waals surface area contributed by atoms with Crippen molar-refractivity contribution in [2.75, 3.05) is 0 Å². The van der Waals surface area contributed by atoms with E-state index in [-0.39, 0.29) is 0 Å². The van der Waals surface area contributed by atoms with E-state index in [4.69, 9.17) is 9.29 Å². The molecule has 3 nitrogen and oxygen atoms in total. The minimum atomic E-state index is -1.95. The molecule has 0 aliphatic carbocycles. The van der Waals surface area contributed by atoms with Gasteiger partial charge in [-0.05, 0) is 48.0 Å². The SMILES string of the molecule is O=S(O)c1ccc(OCc2cc(Br)cc(Br)c2)cc1. The van der Waals surface area contributed by atoms with Gasteiger partial charge in [0.25, 0.3) is 0 Å². The minimum absolute atomic E-state index is 0.359. The zero-order valence-corrected chi connectivity index (χ0v) is 13.7. The van der Waals surface area contributed by atoms with Gasteiger partial charge in [-0.3, -0.25) is 0 Å². The molecule has 1 atom stereocenters. The number of halogens is 2. The monoisotopic (exact) mass is 404 g/mol. The van der Waals surface area contributed by atoms with E-state index in [2.05, 4.69) is 31.9 Å². The third kappa shape index (κ3) is 4.42. The number of rotatable bonds is 4. The van der Waals surface area contributed by atoms with E-state index in [9.17, 15) is 4.21 Å². The van der Waals surface area contributed by atoms with Gasteiger partial charge in [0.2, 0.25) is 0 Å². The lowest BCUT2D eigenvalue weighted by Gasteiger charge is -2.07. The summed E-state index contributed by atoms with van der Waals surface area (Å²) in [6, 6.07) is 12.4. The van der Waals surface area contributed by atoms with Crippen molar-refractivity contribution in [1.82, 2.24) is 0 Å². The van der Waals surface area contributed by atoms with Crippen molar-refractivity contribution < 1.29 is 13.5 Å². The zero-order valence-electron chi connectivity index (χ0n) is 9.68. The molecule has 0 heterocycles. The van der Waals surface area contributed by atoms with Gasteiger partial charge >= 0.3 is 0 Å². The maximum absolute atomic E-state index is 10.8. The van der Waals surface area contributed by atoms with Crippen molar-refractivity contribution in [3.05, 3.63) is 57.0 Å². The van der Waals surface area contributed by atoms with E-state index in [1.807, 2.05) is 18.2 Å². The van der Waals surface area contributed by atoms with Crippen molar-refractivity contribution in [2.45, 2.75) is 11.5 Å². The van der Waals surface area contributed by atoms with Crippen LogP contribution in [-0.2, 0) is 17.7 Å². The van der Waals surface area contributed by atoms with Gasteiger partial charge < -0.3 is 9.29 Å². The first-order valence-corrected chi connectivity index (χ1v) is 8.02. The second-order valence-corrected chi connectivity index (χ2v) is 6.59. The highest BCUT2D eigenvalue weighted by atomic mass is 79.9. The second kappa shape index (κ2) is 6.65. The van der Waals surface area contributed by atoms with Crippen LogP contribution in [0.15, 0.2) is 56.3 Å². The number of benzene rings is 2. The summed E-state index contributed by atoms with van der Waals surface area (Å²) in [7, 11) is 0. The Kier molecular flexibility index (Phi) is 5.15. The summed E-state index contributed by atoms with van der Waals surface area (Å²) in [6.07, 6.45) is 0. The Hall–Kier alpha value is -0.690. The van der Waals surface area contributed by atoms with Gasteiger partial charge in [0.15, 0.2) is 11.1 Å². The third-order valence-electron chi connectivity index (χ3n) is 2.35. The lowest BCUT2D eigenvalue weighted by atomic mass is 10.2. The zero-order chi connectivity index (χ0) is 13.8. The first-order chi connectivity index (χ1) is 9.04. The summed E-state index contributed by atoms with van der Waals surface area (Å²) in [5.74, 6) is 0.658. The first-order valence-electron chi connectivity index (χ1n) is 5.33. The standard InChI is InChI=1S/C13H10Br2O3S/c14-10-5-9(6-11(15)7-10)8-18-12-1-3-13(4-2-12)19(16)17/h1-7H,8H2,(H,16,17). The largest absolute Gasteiger partial charge is 0.489 e. The molecule has 100 valence electrons. The van der Waals surface area contributed by atoms with Crippen LogP contribution in [0.4, 0.5) is 0 Å². The Labute approximate surface area is 130 Å². The van der Waals surface area contributed by atoms with Crippen LogP contribution in [0.25, 0.3) is 0 Å². The lowest BCUT2D eigenvalue weighted by molar-refractivity contribution is 0.306. The molecule has 19 heavy (non-hydrogen) atoms. The molecule has 1 unspecified atom stereocenters. The van der Waals surface area contributed by atoms with Crippen LogP contribution in [0.5, 0.6) is 5.75 Å². The Morgan fingerprint density at radius 2 is 1.63 bits per heavy atom. The van der Waals surface area contributed by atoms with Gasteiger partial charge in [-0.1, -0.05) is 31.9 Å². The molecule has 0 radical (unpaired) electrons. The topological polar surface area (TPSA) is 46.5 Å². The molecule has 2 aromatic rings. The van der Waals surface area contributed by atoms with Crippen LogP contribution in [0.3, 0.4) is 0 Å². The number of ether oxygens (including phenoxy) is 1. The van der Waals surface area contributed by atoms with Crippen molar-refractivity contribution in [3.63, 3.8) is 0 Å². The van der Waals surface area contributed by atoms with Crippen LogP contribution in [0.1, 0.15) is 5.56 Å². The molecular weight excluding hydrogens is 396 g/mol. The van der Waals surface area contributed by atoms with Crippen LogP contribution in [0.2, 0.25) is 0 Å². The summed E-state index contributed by atoms with van der Waals surface area (Å²) in [5, 5.41) is 0. The molecule has 0 amide bonds. The summed E-state index contributed by atoms with van der Waals surface area (Å²) >= 11 is 4.88. The van der Waals surface area contributed by atoms with E-state index < -0.39 is 11.1 Å². The average molecular weight is 406 g/mol. The Bertz CT molecular complexity index is 579. The summed E-state index contributed by atoms with van der Waals surface area (Å²) < 4.78 is 27.3. The van der Waals surface area contributed by atoms with Crippen molar-refractivity contribution in [2.24, 2.45) is 0 Å². The summed E-state index contributed by atoms with van der Waals surface area (Å²) in [6.45, 7) is 0.430. The Morgan fingerprint density at radius 3 is 2.16 bits per heavy atom. The molecule has 2 aromatic carbocycles. The Morgan fingerprint density at radius 1 is 1.05 bits per heavy atom. The van der Waals surface area contributed by atoms with Gasteiger partial charge in [-0.25, -0.2) is 4.21 Å². The molecular formula is C13H10Br2O3S. The fraction of sp³-hybridized carbons (Fsp3) is 0.0769.